The van der Waals surface area contributed by atoms with E-state index in [0.717, 1.165) is 0 Å². The minimum absolute atomic E-state index is 0.129. The zero-order valence-corrected chi connectivity index (χ0v) is 17.1. The second kappa shape index (κ2) is 12.7. The van der Waals surface area contributed by atoms with Gasteiger partial charge in [0.05, 0.1) is 23.4 Å². The molecular formula is C19H26N4O4S. The monoisotopic (exact) mass is 406 g/mol. The molecule has 2 rings (SSSR count). The number of rotatable bonds is 8. The van der Waals surface area contributed by atoms with E-state index in [1.807, 2.05) is 44.4 Å². The standard InChI is InChI=1S/C17H19N3O4S.C2H7N/c1-24-17(21)8-5-13-18-25(22,23)16-11-9-15(10-12-16)20-19-14-6-3-2-4-7-14;1-3-2/h2-4,6-7,9-12,18H,5,8,13H2,1H3;3H,1-2H3. The summed E-state index contributed by atoms with van der Waals surface area (Å²) in [5, 5.41) is 10.9. The Kier molecular flexibility index (Phi) is 10.6. The molecule has 0 aromatic heterocycles. The van der Waals surface area contributed by atoms with Gasteiger partial charge in [-0.25, -0.2) is 13.1 Å². The smallest absolute Gasteiger partial charge is 0.305 e. The van der Waals surface area contributed by atoms with Crippen molar-refractivity contribution >= 4 is 27.4 Å². The maximum atomic E-state index is 12.2. The first kappa shape index (κ1) is 23.4. The molecule has 9 heteroatoms. The number of carbonyl (C=O) groups excluding carboxylic acids is 1. The van der Waals surface area contributed by atoms with E-state index in [4.69, 9.17) is 0 Å². The number of nitrogens with zero attached hydrogens (tertiary/aromatic N) is 2. The molecule has 0 aliphatic heterocycles. The van der Waals surface area contributed by atoms with E-state index in [2.05, 4.69) is 25.0 Å². The van der Waals surface area contributed by atoms with Gasteiger partial charge in [0.25, 0.3) is 0 Å². The Morgan fingerprint density at radius 1 is 0.964 bits per heavy atom. The molecule has 0 fully saturated rings. The first-order valence-electron chi connectivity index (χ1n) is 8.64. The quantitative estimate of drug-likeness (QED) is 0.398. The third-order valence-electron chi connectivity index (χ3n) is 3.26. The number of benzene rings is 2. The van der Waals surface area contributed by atoms with Crippen LogP contribution in [0.3, 0.4) is 0 Å². The van der Waals surface area contributed by atoms with Crippen molar-refractivity contribution in [3.63, 3.8) is 0 Å². The summed E-state index contributed by atoms with van der Waals surface area (Å²) >= 11 is 0. The molecule has 2 aromatic rings. The van der Waals surface area contributed by atoms with E-state index in [0.29, 0.717) is 17.8 Å². The van der Waals surface area contributed by atoms with Crippen LogP contribution in [0.4, 0.5) is 11.4 Å². The van der Waals surface area contributed by atoms with Gasteiger partial charge in [0.1, 0.15) is 0 Å². The zero-order valence-electron chi connectivity index (χ0n) is 16.3. The summed E-state index contributed by atoms with van der Waals surface area (Å²) in [6.07, 6.45) is 0.535. The third-order valence-corrected chi connectivity index (χ3v) is 4.74. The molecular weight excluding hydrogens is 380 g/mol. The van der Waals surface area contributed by atoms with Gasteiger partial charge in [-0.05, 0) is 56.9 Å². The van der Waals surface area contributed by atoms with Crippen molar-refractivity contribution in [1.82, 2.24) is 10.0 Å². The highest BCUT2D eigenvalue weighted by Gasteiger charge is 2.13. The number of carbonyl (C=O) groups is 1. The minimum atomic E-state index is -3.62. The van der Waals surface area contributed by atoms with Crippen LogP contribution in [0.2, 0.25) is 0 Å². The molecule has 0 heterocycles. The zero-order chi connectivity index (χ0) is 20.8. The lowest BCUT2D eigenvalue weighted by Crippen LogP contribution is -2.25. The first-order valence-corrected chi connectivity index (χ1v) is 10.1. The lowest BCUT2D eigenvalue weighted by molar-refractivity contribution is -0.140. The van der Waals surface area contributed by atoms with Crippen molar-refractivity contribution in [2.45, 2.75) is 17.7 Å². The third kappa shape index (κ3) is 8.85. The summed E-state index contributed by atoms with van der Waals surface area (Å²) in [5.74, 6) is -0.368. The highest BCUT2D eigenvalue weighted by molar-refractivity contribution is 7.89. The van der Waals surface area contributed by atoms with Crippen molar-refractivity contribution in [3.05, 3.63) is 54.6 Å². The molecule has 0 spiro atoms. The number of methoxy groups -OCH3 is 1. The van der Waals surface area contributed by atoms with Crippen LogP contribution in [0.15, 0.2) is 69.7 Å². The van der Waals surface area contributed by atoms with Gasteiger partial charge in [0.2, 0.25) is 10.0 Å². The molecule has 0 aliphatic rings. The van der Waals surface area contributed by atoms with Gasteiger partial charge in [-0.3, -0.25) is 4.79 Å². The Morgan fingerprint density at radius 3 is 2.04 bits per heavy atom. The van der Waals surface area contributed by atoms with E-state index in [-0.39, 0.29) is 23.8 Å². The molecule has 0 unspecified atom stereocenters. The summed E-state index contributed by atoms with van der Waals surface area (Å²) in [7, 11) is 1.42. The van der Waals surface area contributed by atoms with Gasteiger partial charge >= 0.3 is 5.97 Å². The van der Waals surface area contributed by atoms with Crippen molar-refractivity contribution in [1.29, 1.82) is 0 Å². The molecule has 0 atom stereocenters. The van der Waals surface area contributed by atoms with Crippen LogP contribution in [-0.4, -0.2) is 42.1 Å². The highest BCUT2D eigenvalue weighted by atomic mass is 32.2. The molecule has 152 valence electrons. The average molecular weight is 407 g/mol. The minimum Gasteiger partial charge on any atom is -0.469 e. The summed E-state index contributed by atoms with van der Waals surface area (Å²) < 4.78 is 31.3. The van der Waals surface area contributed by atoms with Crippen molar-refractivity contribution in [2.24, 2.45) is 10.2 Å². The molecule has 0 radical (unpaired) electrons. The highest BCUT2D eigenvalue weighted by Crippen LogP contribution is 2.20. The molecule has 0 amide bonds. The van der Waals surface area contributed by atoms with Crippen LogP contribution < -0.4 is 10.0 Å². The molecule has 2 aromatic carbocycles. The van der Waals surface area contributed by atoms with Gasteiger partial charge in [0, 0.05) is 13.0 Å². The van der Waals surface area contributed by atoms with Crippen LogP contribution in [0.25, 0.3) is 0 Å². The van der Waals surface area contributed by atoms with Crippen LogP contribution in [0.5, 0.6) is 0 Å². The fourth-order valence-corrected chi connectivity index (χ4v) is 3.00. The summed E-state index contributed by atoms with van der Waals surface area (Å²) in [6, 6.07) is 15.3. The molecule has 0 aliphatic carbocycles. The molecule has 0 saturated carbocycles. The largest absolute Gasteiger partial charge is 0.469 e. The average Bonchev–Trinajstić information content (AvgIpc) is 2.71. The lowest BCUT2D eigenvalue weighted by Gasteiger charge is -2.06. The van der Waals surface area contributed by atoms with E-state index in [9.17, 15) is 13.2 Å². The molecule has 0 bridgehead atoms. The second-order valence-corrected chi connectivity index (χ2v) is 7.37. The van der Waals surface area contributed by atoms with E-state index in [1.165, 1.54) is 19.2 Å². The molecule has 0 saturated heterocycles. The second-order valence-electron chi connectivity index (χ2n) is 5.61. The Morgan fingerprint density at radius 2 is 1.50 bits per heavy atom. The Hall–Kier alpha value is -2.62. The SMILES string of the molecule is CNC.COC(=O)CCCNS(=O)(=O)c1ccc(N=Nc2ccccc2)cc1. The Labute approximate surface area is 166 Å². The maximum Gasteiger partial charge on any atom is 0.305 e. The van der Waals surface area contributed by atoms with Gasteiger partial charge < -0.3 is 10.1 Å². The van der Waals surface area contributed by atoms with Crippen molar-refractivity contribution in [2.75, 3.05) is 27.7 Å². The number of esters is 1. The Bertz CT molecular complexity index is 838. The summed E-state index contributed by atoms with van der Waals surface area (Å²) in [6.45, 7) is 0.160. The fourth-order valence-electron chi connectivity index (χ4n) is 1.93. The van der Waals surface area contributed by atoms with Crippen LogP contribution in [0.1, 0.15) is 12.8 Å². The Balaban J connectivity index is 0.00000122. The number of hydrogen-bond donors (Lipinski definition) is 2. The van der Waals surface area contributed by atoms with Crippen LogP contribution in [-0.2, 0) is 19.6 Å². The van der Waals surface area contributed by atoms with E-state index in [1.54, 1.807) is 12.1 Å². The van der Waals surface area contributed by atoms with E-state index < -0.39 is 10.0 Å². The van der Waals surface area contributed by atoms with Gasteiger partial charge in [-0.2, -0.15) is 10.2 Å². The number of sulfonamides is 1. The topological polar surface area (TPSA) is 109 Å². The molecule has 8 nitrogen and oxygen atoms in total. The van der Waals surface area contributed by atoms with Crippen molar-refractivity contribution < 1.29 is 17.9 Å². The fraction of sp³-hybridized carbons (Fsp3) is 0.316. The number of azo groups is 1. The predicted octanol–water partition coefficient (Wildman–Crippen LogP) is 3.17. The van der Waals surface area contributed by atoms with Crippen molar-refractivity contribution in [3.8, 4) is 0 Å². The normalized spacial score (nSPS) is 11.0. The van der Waals surface area contributed by atoms with Gasteiger partial charge in [-0.1, -0.05) is 18.2 Å². The molecule has 28 heavy (non-hydrogen) atoms. The lowest BCUT2D eigenvalue weighted by atomic mass is 10.3. The van der Waals surface area contributed by atoms with Crippen LogP contribution in [0, 0.1) is 0 Å². The first-order chi connectivity index (χ1) is 13.4. The number of ether oxygens (including phenoxy) is 1. The molecule has 2 N–H and O–H groups in total. The predicted molar refractivity (Wildman–Crippen MR) is 108 cm³/mol. The summed E-state index contributed by atoms with van der Waals surface area (Å²) in [5.41, 5.74) is 1.26. The van der Waals surface area contributed by atoms with Gasteiger partial charge in [0.15, 0.2) is 0 Å². The maximum absolute atomic E-state index is 12.2. The summed E-state index contributed by atoms with van der Waals surface area (Å²) in [4.78, 5) is 11.1. The number of nitrogens with one attached hydrogen (secondary N) is 2. The number of hydrogen-bond acceptors (Lipinski definition) is 7. The van der Waals surface area contributed by atoms with Crippen LogP contribution >= 0.6 is 0 Å². The van der Waals surface area contributed by atoms with Gasteiger partial charge in [-0.15, -0.1) is 0 Å². The van der Waals surface area contributed by atoms with E-state index >= 15 is 0 Å².